The predicted molar refractivity (Wildman–Crippen MR) is 108 cm³/mol. The third-order valence-electron chi connectivity index (χ3n) is 4.25. The van der Waals surface area contributed by atoms with Crippen molar-refractivity contribution in [2.24, 2.45) is 11.7 Å². The molecule has 0 heterocycles. The van der Waals surface area contributed by atoms with E-state index in [1.807, 2.05) is 5.32 Å². The van der Waals surface area contributed by atoms with Crippen LogP contribution in [0.1, 0.15) is 39.5 Å². The van der Waals surface area contributed by atoms with Crippen LogP contribution >= 0.6 is 0 Å². The van der Waals surface area contributed by atoms with Crippen LogP contribution < -0.4 is 21.7 Å². The van der Waals surface area contributed by atoms with Gasteiger partial charge in [-0.1, -0.05) is 13.8 Å². The summed E-state index contributed by atoms with van der Waals surface area (Å²) in [5.74, 6) is -9.47. The lowest BCUT2D eigenvalue weighted by molar-refractivity contribution is -0.147. The molecule has 4 atom stereocenters. The van der Waals surface area contributed by atoms with Crippen molar-refractivity contribution in [3.63, 3.8) is 0 Å². The van der Waals surface area contributed by atoms with Gasteiger partial charge in [0, 0.05) is 6.42 Å². The SMILES string of the molecule is CC(C)[C@H](NC(=O)[C@@H](N)CC(=O)O)C(=O)N[C@@H](CCC(=O)O)C(=O)N[C@@H](CC(=O)O)C(=O)O. The van der Waals surface area contributed by atoms with Gasteiger partial charge in [-0.3, -0.25) is 28.8 Å². The molecule has 9 N–H and O–H groups in total. The van der Waals surface area contributed by atoms with Gasteiger partial charge in [0.05, 0.1) is 18.9 Å². The van der Waals surface area contributed by atoms with Gasteiger partial charge in [-0.15, -0.1) is 0 Å². The highest BCUT2D eigenvalue weighted by Gasteiger charge is 2.32. The number of nitrogens with one attached hydrogen (secondary N) is 3. The lowest BCUT2D eigenvalue weighted by atomic mass is 10.0. The monoisotopic (exact) mass is 476 g/mol. The van der Waals surface area contributed by atoms with E-state index < -0.39 is 97.4 Å². The van der Waals surface area contributed by atoms with Crippen LogP contribution in [0.5, 0.6) is 0 Å². The molecule has 15 heteroatoms. The van der Waals surface area contributed by atoms with Crippen LogP contribution in [0.25, 0.3) is 0 Å². The molecule has 0 aromatic rings. The van der Waals surface area contributed by atoms with E-state index >= 15 is 0 Å². The largest absolute Gasteiger partial charge is 0.481 e. The highest BCUT2D eigenvalue weighted by atomic mass is 16.4. The Morgan fingerprint density at radius 3 is 1.64 bits per heavy atom. The van der Waals surface area contributed by atoms with E-state index in [0.717, 1.165) is 0 Å². The van der Waals surface area contributed by atoms with Gasteiger partial charge in [-0.2, -0.15) is 0 Å². The van der Waals surface area contributed by atoms with Crippen molar-refractivity contribution in [3.8, 4) is 0 Å². The van der Waals surface area contributed by atoms with E-state index in [2.05, 4.69) is 10.6 Å². The van der Waals surface area contributed by atoms with Crippen LogP contribution in [-0.4, -0.2) is 86.2 Å². The number of carboxylic acid groups (broad SMARTS) is 4. The van der Waals surface area contributed by atoms with E-state index in [-0.39, 0.29) is 0 Å². The van der Waals surface area contributed by atoms with Gasteiger partial charge >= 0.3 is 23.9 Å². The molecule has 0 bridgehead atoms. The summed E-state index contributed by atoms with van der Waals surface area (Å²) in [5, 5.41) is 41.8. The van der Waals surface area contributed by atoms with Crippen molar-refractivity contribution in [1.82, 2.24) is 16.0 Å². The molecule has 3 amide bonds. The molecule has 0 aromatic heterocycles. The number of aliphatic carboxylic acids is 4. The Morgan fingerprint density at radius 2 is 1.21 bits per heavy atom. The fourth-order valence-electron chi connectivity index (χ4n) is 2.52. The molecule has 0 rings (SSSR count). The van der Waals surface area contributed by atoms with Gasteiger partial charge < -0.3 is 42.1 Å². The highest BCUT2D eigenvalue weighted by molar-refractivity contribution is 5.95. The Labute approximate surface area is 187 Å². The second-order valence-electron chi connectivity index (χ2n) is 7.43. The van der Waals surface area contributed by atoms with Crippen LogP contribution in [0.4, 0.5) is 0 Å². The molecule has 0 saturated carbocycles. The van der Waals surface area contributed by atoms with Gasteiger partial charge in [0.1, 0.15) is 18.1 Å². The Bertz CT molecular complexity index is 783. The second kappa shape index (κ2) is 13.6. The maximum Gasteiger partial charge on any atom is 0.326 e. The zero-order valence-corrected chi connectivity index (χ0v) is 17.9. The minimum absolute atomic E-state index is 0.469. The van der Waals surface area contributed by atoms with Crippen molar-refractivity contribution in [2.75, 3.05) is 0 Å². The molecule has 0 fully saturated rings. The standard InChI is InChI=1S/C18H28N4O11/c1-7(2)14(22-15(29)8(19)5-12(25)26)17(31)20-9(3-4-11(23)24)16(30)21-10(18(32)33)6-13(27)28/h7-10,14H,3-6,19H2,1-2H3,(H,20,31)(H,21,30)(H,22,29)(H,23,24)(H,25,26)(H,27,28)(H,32,33)/t8-,9-,10-,14-/m0/s1. The fourth-order valence-corrected chi connectivity index (χ4v) is 2.52. The number of carbonyl (C=O) groups excluding carboxylic acids is 3. The molecule has 33 heavy (non-hydrogen) atoms. The van der Waals surface area contributed by atoms with Crippen LogP contribution in [-0.2, 0) is 33.6 Å². The molecule has 0 aliphatic heterocycles. The van der Waals surface area contributed by atoms with Crippen molar-refractivity contribution in [1.29, 1.82) is 0 Å². The van der Waals surface area contributed by atoms with Gasteiger partial charge in [-0.25, -0.2) is 4.79 Å². The van der Waals surface area contributed by atoms with Crippen LogP contribution in [0.15, 0.2) is 0 Å². The first-order chi connectivity index (χ1) is 15.1. The number of carboxylic acids is 4. The summed E-state index contributed by atoms with van der Waals surface area (Å²) in [6.07, 6.45) is -2.74. The highest BCUT2D eigenvalue weighted by Crippen LogP contribution is 2.07. The quantitative estimate of drug-likeness (QED) is 0.120. The van der Waals surface area contributed by atoms with Crippen molar-refractivity contribution >= 4 is 41.6 Å². The Morgan fingerprint density at radius 1 is 0.697 bits per heavy atom. The molecular formula is C18H28N4O11. The summed E-state index contributed by atoms with van der Waals surface area (Å²) in [6.45, 7) is 3.04. The summed E-state index contributed by atoms with van der Waals surface area (Å²) in [4.78, 5) is 80.9. The average molecular weight is 476 g/mol. The van der Waals surface area contributed by atoms with Gasteiger partial charge in [0.2, 0.25) is 17.7 Å². The Kier molecular flexibility index (Phi) is 12.1. The number of hydrogen-bond donors (Lipinski definition) is 8. The fraction of sp³-hybridized carbons (Fsp3) is 0.611. The first-order valence-electron chi connectivity index (χ1n) is 9.70. The van der Waals surface area contributed by atoms with Crippen LogP contribution in [0.3, 0.4) is 0 Å². The molecule has 0 aliphatic carbocycles. The van der Waals surface area contributed by atoms with Crippen molar-refractivity contribution in [2.45, 2.75) is 63.7 Å². The van der Waals surface area contributed by atoms with Gasteiger partial charge in [0.15, 0.2) is 0 Å². The number of rotatable bonds is 15. The molecular weight excluding hydrogens is 448 g/mol. The van der Waals surface area contributed by atoms with Crippen LogP contribution in [0.2, 0.25) is 0 Å². The van der Waals surface area contributed by atoms with Crippen molar-refractivity contribution in [3.05, 3.63) is 0 Å². The number of carbonyl (C=O) groups is 7. The minimum Gasteiger partial charge on any atom is -0.481 e. The molecule has 0 aromatic carbocycles. The van der Waals surface area contributed by atoms with Crippen molar-refractivity contribution < 1.29 is 54.0 Å². The first kappa shape index (κ1) is 29.2. The van der Waals surface area contributed by atoms with E-state index in [4.69, 9.17) is 26.2 Å². The van der Waals surface area contributed by atoms with Gasteiger partial charge in [0.25, 0.3) is 0 Å². The molecule has 186 valence electrons. The number of hydrogen-bond acceptors (Lipinski definition) is 8. The molecule has 0 saturated heterocycles. The zero-order chi connectivity index (χ0) is 25.9. The first-order valence-corrected chi connectivity index (χ1v) is 9.70. The maximum atomic E-state index is 12.7. The molecule has 0 unspecified atom stereocenters. The zero-order valence-electron chi connectivity index (χ0n) is 17.9. The third-order valence-corrected chi connectivity index (χ3v) is 4.25. The Balaban J connectivity index is 5.53. The molecule has 0 spiro atoms. The van der Waals surface area contributed by atoms with E-state index in [0.29, 0.717) is 0 Å². The topological polar surface area (TPSA) is 263 Å². The maximum absolute atomic E-state index is 12.7. The number of nitrogens with two attached hydrogens (primary N) is 1. The summed E-state index contributed by atoms with van der Waals surface area (Å²) in [6, 6.07) is -6.18. The van der Waals surface area contributed by atoms with Crippen LogP contribution in [0, 0.1) is 5.92 Å². The lowest BCUT2D eigenvalue weighted by Gasteiger charge is -2.26. The van der Waals surface area contributed by atoms with E-state index in [1.54, 1.807) is 0 Å². The summed E-state index contributed by atoms with van der Waals surface area (Å²) >= 11 is 0. The minimum atomic E-state index is -1.84. The number of amides is 3. The van der Waals surface area contributed by atoms with E-state index in [9.17, 15) is 33.6 Å². The smallest absolute Gasteiger partial charge is 0.326 e. The predicted octanol–water partition coefficient (Wildman–Crippen LogP) is -2.68. The third kappa shape index (κ3) is 11.4. The second-order valence-corrected chi connectivity index (χ2v) is 7.43. The van der Waals surface area contributed by atoms with E-state index in [1.165, 1.54) is 13.8 Å². The summed E-state index contributed by atoms with van der Waals surface area (Å²) < 4.78 is 0. The average Bonchev–Trinajstić information content (AvgIpc) is 2.66. The molecule has 0 radical (unpaired) electrons. The Hall–Kier alpha value is -3.75. The normalized spacial score (nSPS) is 14.3. The van der Waals surface area contributed by atoms with Gasteiger partial charge in [-0.05, 0) is 12.3 Å². The lowest BCUT2D eigenvalue weighted by Crippen LogP contribution is -2.58. The molecule has 0 aliphatic rings. The summed E-state index contributed by atoms with van der Waals surface area (Å²) in [7, 11) is 0. The molecule has 15 nitrogen and oxygen atoms in total. The summed E-state index contributed by atoms with van der Waals surface area (Å²) in [5.41, 5.74) is 5.46.